The molecule has 0 radical (unpaired) electrons. The van der Waals surface area contributed by atoms with Crippen LogP contribution in [-0.2, 0) is 19.9 Å². The van der Waals surface area contributed by atoms with E-state index in [1.54, 1.807) is 67.6 Å². The number of carbonyl (C=O) groups is 2. The van der Waals surface area contributed by atoms with Crippen molar-refractivity contribution in [1.82, 2.24) is 5.32 Å². The van der Waals surface area contributed by atoms with Crippen LogP contribution in [0, 0.1) is 0 Å². The molecule has 3 aromatic rings. The lowest BCUT2D eigenvalue weighted by Gasteiger charge is -2.35. The standard InChI is InChI=1S/C26H24F3NO4/c1-18(30-23(31)20-14-8-4-9-15-20)22(19-12-6-3-7-13-19)34-24(32)25(33-2,26(27,28)29)21-16-10-5-11-17-21/h3-18,22H,1-2H3,(H,30,31)/t18-,22+,25+/m0/s1. The number of benzene rings is 3. The molecule has 0 unspecified atom stereocenters. The van der Waals surface area contributed by atoms with Gasteiger partial charge in [0.2, 0.25) is 0 Å². The molecule has 0 saturated heterocycles. The van der Waals surface area contributed by atoms with Gasteiger partial charge in [-0.3, -0.25) is 4.79 Å². The van der Waals surface area contributed by atoms with Crippen molar-refractivity contribution < 1.29 is 32.2 Å². The van der Waals surface area contributed by atoms with Crippen LogP contribution in [0.5, 0.6) is 0 Å². The van der Waals surface area contributed by atoms with Gasteiger partial charge in [0.15, 0.2) is 0 Å². The molecule has 8 heteroatoms. The van der Waals surface area contributed by atoms with Crippen molar-refractivity contribution in [1.29, 1.82) is 0 Å². The first-order chi connectivity index (χ1) is 16.2. The van der Waals surface area contributed by atoms with Crippen molar-refractivity contribution in [3.8, 4) is 0 Å². The minimum Gasteiger partial charge on any atom is -0.453 e. The van der Waals surface area contributed by atoms with Crippen molar-refractivity contribution in [3.05, 3.63) is 108 Å². The highest BCUT2D eigenvalue weighted by Gasteiger charge is 2.64. The normalized spacial score (nSPS) is 15.0. The van der Waals surface area contributed by atoms with E-state index in [0.717, 1.165) is 19.2 Å². The summed E-state index contributed by atoms with van der Waals surface area (Å²) < 4.78 is 53.2. The van der Waals surface area contributed by atoms with Gasteiger partial charge < -0.3 is 14.8 Å². The molecule has 0 fully saturated rings. The summed E-state index contributed by atoms with van der Waals surface area (Å²) in [7, 11) is 0.805. The zero-order valence-corrected chi connectivity index (χ0v) is 18.6. The molecule has 0 spiro atoms. The summed E-state index contributed by atoms with van der Waals surface area (Å²) in [6, 6.07) is 22.3. The summed E-state index contributed by atoms with van der Waals surface area (Å²) >= 11 is 0. The Bertz CT molecular complexity index is 1090. The fourth-order valence-electron chi connectivity index (χ4n) is 3.64. The number of rotatable bonds is 8. The van der Waals surface area contributed by atoms with E-state index in [4.69, 9.17) is 9.47 Å². The van der Waals surface area contributed by atoms with Crippen LogP contribution in [0.4, 0.5) is 13.2 Å². The third-order valence-corrected chi connectivity index (χ3v) is 5.38. The molecule has 0 bridgehead atoms. The Morgan fingerprint density at radius 1 is 0.824 bits per heavy atom. The van der Waals surface area contributed by atoms with Crippen LogP contribution in [0.2, 0.25) is 0 Å². The number of hydrogen-bond donors (Lipinski definition) is 1. The molecular formula is C26H24F3NO4. The number of alkyl halides is 3. The van der Waals surface area contributed by atoms with Crippen LogP contribution in [0.25, 0.3) is 0 Å². The lowest BCUT2D eigenvalue weighted by atomic mass is 9.92. The number of amides is 1. The van der Waals surface area contributed by atoms with Crippen molar-refractivity contribution in [2.75, 3.05) is 7.11 Å². The molecule has 3 rings (SSSR count). The first-order valence-electron chi connectivity index (χ1n) is 10.5. The number of nitrogens with one attached hydrogen (secondary N) is 1. The third-order valence-electron chi connectivity index (χ3n) is 5.38. The van der Waals surface area contributed by atoms with Gasteiger partial charge in [-0.05, 0) is 24.6 Å². The van der Waals surface area contributed by atoms with Gasteiger partial charge in [-0.15, -0.1) is 0 Å². The van der Waals surface area contributed by atoms with Crippen LogP contribution in [-0.4, -0.2) is 31.2 Å². The highest BCUT2D eigenvalue weighted by atomic mass is 19.4. The number of carbonyl (C=O) groups excluding carboxylic acids is 2. The molecule has 5 nitrogen and oxygen atoms in total. The fraction of sp³-hybridized carbons (Fsp3) is 0.231. The van der Waals surface area contributed by atoms with Crippen LogP contribution in [0.3, 0.4) is 0 Å². The van der Waals surface area contributed by atoms with E-state index >= 15 is 0 Å². The Hall–Kier alpha value is -3.65. The van der Waals surface area contributed by atoms with E-state index in [-0.39, 0.29) is 0 Å². The summed E-state index contributed by atoms with van der Waals surface area (Å²) in [6.07, 6.45) is -6.33. The Morgan fingerprint density at radius 2 is 1.32 bits per heavy atom. The van der Waals surface area contributed by atoms with E-state index in [1.165, 1.54) is 18.2 Å². The largest absolute Gasteiger partial charge is 0.453 e. The number of hydrogen-bond acceptors (Lipinski definition) is 4. The first-order valence-corrected chi connectivity index (χ1v) is 10.5. The van der Waals surface area contributed by atoms with Gasteiger partial charge in [0.1, 0.15) is 6.10 Å². The minimum atomic E-state index is -5.11. The maximum Gasteiger partial charge on any atom is 0.432 e. The van der Waals surface area contributed by atoms with E-state index in [2.05, 4.69) is 5.32 Å². The zero-order chi connectivity index (χ0) is 24.8. The average molecular weight is 471 g/mol. The second-order valence-electron chi connectivity index (χ2n) is 7.61. The molecule has 3 aromatic carbocycles. The highest BCUT2D eigenvalue weighted by Crippen LogP contribution is 2.44. The zero-order valence-electron chi connectivity index (χ0n) is 18.6. The summed E-state index contributed by atoms with van der Waals surface area (Å²) in [4.78, 5) is 25.9. The number of ether oxygens (including phenoxy) is 2. The van der Waals surface area contributed by atoms with Gasteiger partial charge >= 0.3 is 12.1 Å². The topological polar surface area (TPSA) is 64.6 Å². The lowest BCUT2D eigenvalue weighted by Crippen LogP contribution is -2.53. The lowest BCUT2D eigenvalue weighted by molar-refractivity contribution is -0.278. The van der Waals surface area contributed by atoms with Gasteiger partial charge in [0.05, 0.1) is 6.04 Å². The molecule has 3 atom stereocenters. The number of halogens is 3. The molecule has 0 aliphatic heterocycles. The van der Waals surface area contributed by atoms with E-state index < -0.39 is 41.4 Å². The summed E-state index contributed by atoms with van der Waals surface area (Å²) in [5.41, 5.74) is -2.98. The highest BCUT2D eigenvalue weighted by molar-refractivity contribution is 5.94. The van der Waals surface area contributed by atoms with Crippen molar-refractivity contribution in [3.63, 3.8) is 0 Å². The Labute approximate surface area is 195 Å². The molecule has 0 heterocycles. The van der Waals surface area contributed by atoms with Crippen LogP contribution >= 0.6 is 0 Å². The predicted octanol–water partition coefficient (Wildman–Crippen LogP) is 5.19. The van der Waals surface area contributed by atoms with Crippen LogP contribution in [0.1, 0.15) is 34.5 Å². The Balaban J connectivity index is 1.97. The molecule has 178 valence electrons. The summed E-state index contributed by atoms with van der Waals surface area (Å²) in [5, 5.41) is 2.71. The van der Waals surface area contributed by atoms with Crippen molar-refractivity contribution >= 4 is 11.9 Å². The number of esters is 1. The molecule has 0 aliphatic carbocycles. The maximum atomic E-state index is 14.3. The molecule has 34 heavy (non-hydrogen) atoms. The molecule has 1 amide bonds. The quantitative estimate of drug-likeness (QED) is 0.459. The molecule has 1 N–H and O–H groups in total. The van der Waals surface area contributed by atoms with Crippen molar-refractivity contribution in [2.45, 2.75) is 30.8 Å². The second-order valence-corrected chi connectivity index (χ2v) is 7.61. The predicted molar refractivity (Wildman–Crippen MR) is 120 cm³/mol. The monoisotopic (exact) mass is 471 g/mol. The van der Waals surface area contributed by atoms with Crippen LogP contribution in [0.15, 0.2) is 91.0 Å². The molecular weight excluding hydrogens is 447 g/mol. The second kappa shape index (κ2) is 10.5. The van der Waals surface area contributed by atoms with Gasteiger partial charge in [0, 0.05) is 18.2 Å². The van der Waals surface area contributed by atoms with Gasteiger partial charge in [-0.25, -0.2) is 4.79 Å². The maximum absolute atomic E-state index is 14.3. The molecule has 0 saturated carbocycles. The van der Waals surface area contributed by atoms with Crippen LogP contribution < -0.4 is 5.32 Å². The van der Waals surface area contributed by atoms with Crippen molar-refractivity contribution in [2.24, 2.45) is 0 Å². The fourth-order valence-corrected chi connectivity index (χ4v) is 3.64. The summed E-state index contributed by atoms with van der Waals surface area (Å²) in [5.74, 6) is -2.09. The third kappa shape index (κ3) is 5.12. The Morgan fingerprint density at radius 3 is 1.82 bits per heavy atom. The van der Waals surface area contributed by atoms with Gasteiger partial charge in [0.25, 0.3) is 11.5 Å². The van der Waals surface area contributed by atoms with E-state index in [0.29, 0.717) is 11.1 Å². The number of methoxy groups -OCH3 is 1. The summed E-state index contributed by atoms with van der Waals surface area (Å²) in [6.45, 7) is 1.55. The SMILES string of the molecule is CO[C@@](C(=O)O[C@@H](c1ccccc1)[C@H](C)NC(=O)c1ccccc1)(c1ccccc1)C(F)(F)F. The minimum absolute atomic E-state index is 0.360. The Kier molecular flexibility index (Phi) is 7.73. The van der Waals surface area contributed by atoms with E-state index in [9.17, 15) is 22.8 Å². The first kappa shape index (κ1) is 25.0. The molecule has 0 aliphatic rings. The van der Waals surface area contributed by atoms with Gasteiger partial charge in [-0.2, -0.15) is 13.2 Å². The molecule has 0 aromatic heterocycles. The van der Waals surface area contributed by atoms with Gasteiger partial charge in [-0.1, -0.05) is 78.9 Å². The smallest absolute Gasteiger partial charge is 0.432 e. The van der Waals surface area contributed by atoms with E-state index in [1.807, 2.05) is 0 Å². The average Bonchev–Trinajstić information content (AvgIpc) is 2.84.